The molecule has 0 aromatic heterocycles. The van der Waals surface area contributed by atoms with Crippen LogP contribution in [-0.4, -0.2) is 59.5 Å². The van der Waals surface area contributed by atoms with Crippen LogP contribution in [0.15, 0.2) is 0 Å². The summed E-state index contributed by atoms with van der Waals surface area (Å²) in [6.07, 6.45) is 6.57. The average molecular weight is 296 g/mol. The number of likely N-dealkylation sites (tertiary alicyclic amines) is 2. The molecule has 0 spiro atoms. The van der Waals surface area contributed by atoms with E-state index in [0.29, 0.717) is 13.1 Å². The van der Waals surface area contributed by atoms with Gasteiger partial charge >= 0.3 is 5.97 Å². The molecule has 2 aliphatic heterocycles. The Morgan fingerprint density at radius 3 is 2.33 bits per heavy atom. The van der Waals surface area contributed by atoms with E-state index >= 15 is 0 Å². The lowest BCUT2D eigenvalue weighted by Crippen LogP contribution is -2.40. The summed E-state index contributed by atoms with van der Waals surface area (Å²) in [6.45, 7) is 5.50. The first kappa shape index (κ1) is 16.3. The zero-order valence-electron chi connectivity index (χ0n) is 13.1. The van der Waals surface area contributed by atoms with Gasteiger partial charge in [-0.15, -0.1) is 0 Å². The molecule has 0 saturated carbocycles. The zero-order valence-corrected chi connectivity index (χ0v) is 13.1. The van der Waals surface area contributed by atoms with Crippen LogP contribution in [0.3, 0.4) is 0 Å². The molecule has 21 heavy (non-hydrogen) atoms. The molecule has 0 aromatic carbocycles. The highest BCUT2D eigenvalue weighted by molar-refractivity contribution is 5.78. The molecule has 2 fully saturated rings. The molecule has 2 atom stereocenters. The van der Waals surface area contributed by atoms with Crippen molar-refractivity contribution in [3.8, 4) is 0 Å². The number of amides is 1. The van der Waals surface area contributed by atoms with E-state index < -0.39 is 5.97 Å². The second-order valence-corrected chi connectivity index (χ2v) is 6.48. The topological polar surface area (TPSA) is 60.9 Å². The van der Waals surface area contributed by atoms with Crippen molar-refractivity contribution >= 4 is 11.9 Å². The van der Waals surface area contributed by atoms with Crippen molar-refractivity contribution in [2.45, 2.75) is 45.4 Å². The predicted molar refractivity (Wildman–Crippen MR) is 81.0 cm³/mol. The molecule has 0 bridgehead atoms. The lowest BCUT2D eigenvalue weighted by Gasteiger charge is -2.23. The second kappa shape index (κ2) is 7.78. The highest BCUT2D eigenvalue weighted by Crippen LogP contribution is 2.27. The van der Waals surface area contributed by atoms with Crippen LogP contribution < -0.4 is 0 Å². The normalized spacial score (nSPS) is 27.6. The van der Waals surface area contributed by atoms with Gasteiger partial charge in [0.05, 0.1) is 12.5 Å². The maximum absolute atomic E-state index is 12.4. The molecular weight excluding hydrogens is 268 g/mol. The quantitative estimate of drug-likeness (QED) is 0.840. The molecule has 1 N–H and O–H groups in total. The van der Waals surface area contributed by atoms with Gasteiger partial charge in [0.15, 0.2) is 0 Å². The predicted octanol–water partition coefficient (Wildman–Crippen LogP) is 1.82. The highest BCUT2D eigenvalue weighted by Gasteiger charge is 2.37. The van der Waals surface area contributed by atoms with Gasteiger partial charge in [0.25, 0.3) is 0 Å². The average Bonchev–Trinajstić information content (AvgIpc) is 2.67. The van der Waals surface area contributed by atoms with E-state index in [1.807, 2.05) is 9.80 Å². The molecule has 0 radical (unpaired) electrons. The summed E-state index contributed by atoms with van der Waals surface area (Å²) in [5.74, 6) is -0.636. The first-order valence-corrected chi connectivity index (χ1v) is 8.34. The third-order valence-corrected chi connectivity index (χ3v) is 4.81. The Labute approximate surface area is 127 Å². The van der Waals surface area contributed by atoms with E-state index in [-0.39, 0.29) is 17.7 Å². The molecule has 0 aromatic rings. The van der Waals surface area contributed by atoms with Gasteiger partial charge in [-0.2, -0.15) is 0 Å². The molecular formula is C16H28N2O3. The van der Waals surface area contributed by atoms with Gasteiger partial charge in [-0.25, -0.2) is 0 Å². The highest BCUT2D eigenvalue weighted by atomic mass is 16.4. The largest absolute Gasteiger partial charge is 0.481 e. The van der Waals surface area contributed by atoms with Crippen LogP contribution in [0.4, 0.5) is 0 Å². The van der Waals surface area contributed by atoms with Crippen molar-refractivity contribution in [3.05, 3.63) is 0 Å². The molecule has 120 valence electrons. The SMILES string of the molecule is CCCC1CN(CC(=O)N2CCCCCC2)CC1C(=O)O. The van der Waals surface area contributed by atoms with Gasteiger partial charge in [-0.1, -0.05) is 26.2 Å². The number of rotatable bonds is 5. The summed E-state index contributed by atoms with van der Waals surface area (Å²) in [4.78, 5) is 27.7. The number of carbonyl (C=O) groups is 2. The molecule has 2 aliphatic rings. The standard InChI is InChI=1S/C16H28N2O3/c1-2-7-13-10-17(11-14(13)16(20)21)12-15(19)18-8-5-3-4-6-9-18/h13-14H,2-12H2,1H3,(H,20,21). The molecule has 2 unspecified atom stereocenters. The van der Waals surface area contributed by atoms with Crippen LogP contribution in [0.5, 0.6) is 0 Å². The zero-order chi connectivity index (χ0) is 15.2. The third-order valence-electron chi connectivity index (χ3n) is 4.81. The van der Waals surface area contributed by atoms with Crippen molar-refractivity contribution in [3.63, 3.8) is 0 Å². The van der Waals surface area contributed by atoms with Crippen LogP contribution in [0, 0.1) is 11.8 Å². The number of carbonyl (C=O) groups excluding carboxylic acids is 1. The summed E-state index contributed by atoms with van der Waals surface area (Å²) in [7, 11) is 0. The summed E-state index contributed by atoms with van der Waals surface area (Å²) in [5.41, 5.74) is 0. The van der Waals surface area contributed by atoms with E-state index in [9.17, 15) is 14.7 Å². The van der Waals surface area contributed by atoms with Gasteiger partial charge in [0.1, 0.15) is 0 Å². The van der Waals surface area contributed by atoms with E-state index in [4.69, 9.17) is 0 Å². The monoisotopic (exact) mass is 296 g/mol. The lowest BCUT2D eigenvalue weighted by atomic mass is 9.92. The van der Waals surface area contributed by atoms with Crippen molar-refractivity contribution in [2.24, 2.45) is 11.8 Å². The van der Waals surface area contributed by atoms with Crippen LogP contribution >= 0.6 is 0 Å². The smallest absolute Gasteiger partial charge is 0.308 e. The second-order valence-electron chi connectivity index (χ2n) is 6.48. The maximum atomic E-state index is 12.4. The van der Waals surface area contributed by atoms with Gasteiger partial charge < -0.3 is 10.0 Å². The summed E-state index contributed by atoms with van der Waals surface area (Å²) >= 11 is 0. The number of nitrogens with zero attached hydrogens (tertiary/aromatic N) is 2. The fourth-order valence-electron chi connectivity index (χ4n) is 3.64. The molecule has 2 saturated heterocycles. The van der Waals surface area contributed by atoms with E-state index in [1.54, 1.807) is 0 Å². The number of hydrogen-bond donors (Lipinski definition) is 1. The lowest BCUT2D eigenvalue weighted by molar-refractivity contribution is -0.143. The Morgan fingerprint density at radius 1 is 1.10 bits per heavy atom. The van der Waals surface area contributed by atoms with Gasteiger partial charge in [-0.05, 0) is 25.2 Å². The Bertz CT molecular complexity index is 365. The molecule has 0 aliphatic carbocycles. The van der Waals surface area contributed by atoms with Crippen LogP contribution in [0.25, 0.3) is 0 Å². The Kier molecular flexibility index (Phi) is 6.03. The Balaban J connectivity index is 1.87. The number of carboxylic acids is 1. The fourth-order valence-corrected chi connectivity index (χ4v) is 3.64. The molecule has 1 amide bonds. The molecule has 5 heteroatoms. The fraction of sp³-hybridized carbons (Fsp3) is 0.875. The van der Waals surface area contributed by atoms with Crippen LogP contribution in [0.2, 0.25) is 0 Å². The van der Waals surface area contributed by atoms with Crippen molar-refractivity contribution in [1.29, 1.82) is 0 Å². The van der Waals surface area contributed by atoms with E-state index in [0.717, 1.165) is 45.3 Å². The summed E-state index contributed by atoms with van der Waals surface area (Å²) in [6, 6.07) is 0. The van der Waals surface area contributed by atoms with Crippen LogP contribution in [-0.2, 0) is 9.59 Å². The minimum absolute atomic E-state index is 0.179. The number of hydrogen-bond acceptors (Lipinski definition) is 3. The minimum Gasteiger partial charge on any atom is -0.481 e. The molecule has 2 heterocycles. The molecule has 2 rings (SSSR count). The Hall–Kier alpha value is -1.10. The first-order valence-electron chi connectivity index (χ1n) is 8.34. The first-order chi connectivity index (χ1) is 10.1. The number of aliphatic carboxylic acids is 1. The Morgan fingerprint density at radius 2 is 1.76 bits per heavy atom. The maximum Gasteiger partial charge on any atom is 0.308 e. The van der Waals surface area contributed by atoms with Gasteiger partial charge in [0.2, 0.25) is 5.91 Å². The molecule has 5 nitrogen and oxygen atoms in total. The van der Waals surface area contributed by atoms with Gasteiger partial charge in [-0.3, -0.25) is 14.5 Å². The van der Waals surface area contributed by atoms with E-state index in [1.165, 1.54) is 12.8 Å². The van der Waals surface area contributed by atoms with Crippen LogP contribution in [0.1, 0.15) is 45.4 Å². The summed E-state index contributed by atoms with van der Waals surface area (Å²) in [5, 5.41) is 9.33. The van der Waals surface area contributed by atoms with Crippen molar-refractivity contribution < 1.29 is 14.7 Å². The van der Waals surface area contributed by atoms with Crippen molar-refractivity contribution in [1.82, 2.24) is 9.80 Å². The van der Waals surface area contributed by atoms with Gasteiger partial charge in [0, 0.05) is 26.2 Å². The number of carboxylic acid groups (broad SMARTS) is 1. The third kappa shape index (κ3) is 4.43. The minimum atomic E-state index is -0.710. The summed E-state index contributed by atoms with van der Waals surface area (Å²) < 4.78 is 0. The van der Waals surface area contributed by atoms with Crippen molar-refractivity contribution in [2.75, 3.05) is 32.7 Å². The van der Waals surface area contributed by atoms with E-state index in [2.05, 4.69) is 6.92 Å².